The Morgan fingerprint density at radius 1 is 1.44 bits per heavy atom. The molecule has 0 aromatic heterocycles. The van der Waals surface area contributed by atoms with E-state index in [1.54, 1.807) is 7.11 Å². The van der Waals surface area contributed by atoms with E-state index in [-0.39, 0.29) is 0 Å². The van der Waals surface area contributed by atoms with Crippen molar-refractivity contribution in [3.8, 4) is 0 Å². The quantitative estimate of drug-likeness (QED) is 0.553. The molecule has 1 aliphatic rings. The van der Waals surface area contributed by atoms with Gasteiger partial charge in [-0.15, -0.1) is 0 Å². The molecule has 1 saturated carbocycles. The number of methoxy groups -OCH3 is 1. The molecule has 94 valence electrons. The van der Waals surface area contributed by atoms with Crippen molar-refractivity contribution in [2.24, 2.45) is 16.6 Å². The molecule has 4 heteroatoms. The van der Waals surface area contributed by atoms with Crippen LogP contribution in [0.3, 0.4) is 0 Å². The molecule has 0 bridgehead atoms. The number of nitrogens with one attached hydrogen (secondary N) is 1. The summed E-state index contributed by atoms with van der Waals surface area (Å²) in [7, 11) is 1.71. The molecule has 1 atom stereocenters. The number of hydrogen-bond donors (Lipinski definition) is 2. The van der Waals surface area contributed by atoms with E-state index in [4.69, 9.17) is 10.5 Å². The fourth-order valence-electron chi connectivity index (χ4n) is 2.09. The standard InChI is InChI=1S/C12H25N3O/c1-10(9-16-2)8-14-12(13)15-11-6-4-3-5-7-11/h10-11H,3-9H2,1-2H3,(H3,13,14,15). The Hall–Kier alpha value is -0.770. The lowest BCUT2D eigenvalue weighted by Gasteiger charge is -2.23. The topological polar surface area (TPSA) is 59.6 Å². The highest BCUT2D eigenvalue weighted by Crippen LogP contribution is 2.16. The van der Waals surface area contributed by atoms with Crippen molar-refractivity contribution in [2.75, 3.05) is 20.3 Å². The first-order chi connectivity index (χ1) is 7.72. The van der Waals surface area contributed by atoms with Crippen molar-refractivity contribution in [3.05, 3.63) is 0 Å². The van der Waals surface area contributed by atoms with Crippen LogP contribution < -0.4 is 11.1 Å². The minimum absolute atomic E-state index is 0.428. The zero-order valence-corrected chi connectivity index (χ0v) is 10.5. The van der Waals surface area contributed by atoms with Crippen LogP contribution in [-0.2, 0) is 4.74 Å². The maximum atomic E-state index is 5.85. The summed E-state index contributed by atoms with van der Waals surface area (Å²) >= 11 is 0. The highest BCUT2D eigenvalue weighted by molar-refractivity contribution is 5.78. The third-order valence-corrected chi connectivity index (χ3v) is 2.98. The highest BCUT2D eigenvalue weighted by atomic mass is 16.5. The maximum Gasteiger partial charge on any atom is 0.188 e. The monoisotopic (exact) mass is 227 g/mol. The minimum atomic E-state index is 0.428. The summed E-state index contributed by atoms with van der Waals surface area (Å²) in [6.07, 6.45) is 6.43. The second-order valence-corrected chi connectivity index (χ2v) is 4.77. The van der Waals surface area contributed by atoms with Crippen molar-refractivity contribution in [3.63, 3.8) is 0 Å². The van der Waals surface area contributed by atoms with Gasteiger partial charge in [0.15, 0.2) is 5.96 Å². The molecule has 0 heterocycles. The summed E-state index contributed by atoms with van der Waals surface area (Å²) in [6.45, 7) is 3.58. The molecule has 0 amide bonds. The van der Waals surface area contributed by atoms with Crippen LogP contribution in [0.4, 0.5) is 0 Å². The molecule has 1 aliphatic carbocycles. The van der Waals surface area contributed by atoms with Crippen LogP contribution in [0.15, 0.2) is 4.99 Å². The summed E-state index contributed by atoms with van der Waals surface area (Å²) in [4.78, 5) is 4.34. The van der Waals surface area contributed by atoms with Crippen LogP contribution in [0.1, 0.15) is 39.0 Å². The van der Waals surface area contributed by atoms with Crippen molar-refractivity contribution in [1.82, 2.24) is 5.32 Å². The van der Waals surface area contributed by atoms with E-state index in [0.29, 0.717) is 17.9 Å². The average Bonchev–Trinajstić information content (AvgIpc) is 2.28. The molecule has 1 unspecified atom stereocenters. The Morgan fingerprint density at radius 2 is 2.12 bits per heavy atom. The SMILES string of the molecule is COCC(C)CN=C(N)NC1CCCCC1. The van der Waals surface area contributed by atoms with E-state index in [1.807, 2.05) is 0 Å². The number of hydrogen-bond acceptors (Lipinski definition) is 2. The van der Waals surface area contributed by atoms with E-state index in [1.165, 1.54) is 32.1 Å². The van der Waals surface area contributed by atoms with Crippen LogP contribution >= 0.6 is 0 Å². The van der Waals surface area contributed by atoms with Gasteiger partial charge in [0, 0.05) is 19.7 Å². The molecule has 16 heavy (non-hydrogen) atoms. The van der Waals surface area contributed by atoms with Gasteiger partial charge in [0.2, 0.25) is 0 Å². The van der Waals surface area contributed by atoms with Crippen molar-refractivity contribution < 1.29 is 4.74 Å². The summed E-state index contributed by atoms with van der Waals surface area (Å²) in [6, 6.07) is 0.537. The zero-order chi connectivity index (χ0) is 11.8. The summed E-state index contributed by atoms with van der Waals surface area (Å²) in [5.74, 6) is 1.02. The first-order valence-electron chi connectivity index (χ1n) is 6.27. The lowest BCUT2D eigenvalue weighted by Crippen LogP contribution is -2.41. The van der Waals surface area contributed by atoms with E-state index in [2.05, 4.69) is 17.2 Å². The number of nitrogens with two attached hydrogens (primary N) is 1. The summed E-state index contributed by atoms with van der Waals surface area (Å²) in [5, 5.41) is 3.30. The van der Waals surface area contributed by atoms with Crippen LogP contribution in [0.25, 0.3) is 0 Å². The van der Waals surface area contributed by atoms with Gasteiger partial charge in [0.25, 0.3) is 0 Å². The maximum absolute atomic E-state index is 5.85. The summed E-state index contributed by atoms with van der Waals surface area (Å²) in [5.41, 5.74) is 5.85. The van der Waals surface area contributed by atoms with Crippen LogP contribution in [0, 0.1) is 5.92 Å². The smallest absolute Gasteiger partial charge is 0.188 e. The molecule has 0 spiro atoms. The molecule has 0 saturated heterocycles. The van der Waals surface area contributed by atoms with Crippen LogP contribution in [-0.4, -0.2) is 32.3 Å². The molecule has 4 nitrogen and oxygen atoms in total. The Balaban J connectivity index is 2.21. The Kier molecular flexibility index (Phi) is 6.23. The first kappa shape index (κ1) is 13.3. The third-order valence-electron chi connectivity index (χ3n) is 2.98. The molecule has 3 N–H and O–H groups in total. The predicted octanol–water partition coefficient (Wildman–Crippen LogP) is 1.51. The van der Waals surface area contributed by atoms with Crippen LogP contribution in [0.5, 0.6) is 0 Å². The van der Waals surface area contributed by atoms with Gasteiger partial charge in [-0.25, -0.2) is 0 Å². The van der Waals surface area contributed by atoms with Gasteiger partial charge in [-0.2, -0.15) is 0 Å². The Morgan fingerprint density at radius 3 is 2.75 bits per heavy atom. The van der Waals surface area contributed by atoms with Crippen molar-refractivity contribution in [1.29, 1.82) is 0 Å². The number of rotatable bonds is 5. The van der Waals surface area contributed by atoms with Gasteiger partial charge in [0.05, 0.1) is 6.61 Å². The minimum Gasteiger partial charge on any atom is -0.384 e. The fraction of sp³-hybridized carbons (Fsp3) is 0.917. The largest absolute Gasteiger partial charge is 0.384 e. The first-order valence-corrected chi connectivity index (χ1v) is 6.27. The molecule has 0 aliphatic heterocycles. The molecule has 1 rings (SSSR count). The highest BCUT2D eigenvalue weighted by Gasteiger charge is 2.13. The van der Waals surface area contributed by atoms with Gasteiger partial charge in [-0.05, 0) is 18.8 Å². The molecule has 1 fully saturated rings. The van der Waals surface area contributed by atoms with E-state index in [9.17, 15) is 0 Å². The number of ether oxygens (including phenoxy) is 1. The predicted molar refractivity (Wildman–Crippen MR) is 67.5 cm³/mol. The fourth-order valence-corrected chi connectivity index (χ4v) is 2.09. The number of aliphatic imine (C=N–C) groups is 1. The van der Waals surface area contributed by atoms with Gasteiger partial charge >= 0.3 is 0 Å². The normalized spacial score (nSPS) is 20.8. The van der Waals surface area contributed by atoms with E-state index >= 15 is 0 Å². The Bertz CT molecular complexity index is 212. The second kappa shape index (κ2) is 7.49. The van der Waals surface area contributed by atoms with E-state index in [0.717, 1.165) is 13.2 Å². The van der Waals surface area contributed by atoms with Crippen molar-refractivity contribution in [2.45, 2.75) is 45.1 Å². The molecule has 0 radical (unpaired) electrons. The van der Waals surface area contributed by atoms with Gasteiger partial charge < -0.3 is 15.8 Å². The summed E-state index contributed by atoms with van der Waals surface area (Å²) < 4.78 is 5.06. The van der Waals surface area contributed by atoms with Crippen LogP contribution in [0.2, 0.25) is 0 Å². The lowest BCUT2D eigenvalue weighted by molar-refractivity contribution is 0.163. The van der Waals surface area contributed by atoms with Gasteiger partial charge in [-0.1, -0.05) is 26.2 Å². The number of nitrogens with zero attached hydrogens (tertiary/aromatic N) is 1. The lowest BCUT2D eigenvalue weighted by atomic mass is 9.96. The zero-order valence-electron chi connectivity index (χ0n) is 10.5. The molecule has 0 aromatic carbocycles. The molecule has 0 aromatic rings. The molecular formula is C12H25N3O. The van der Waals surface area contributed by atoms with Crippen molar-refractivity contribution >= 4 is 5.96 Å². The second-order valence-electron chi connectivity index (χ2n) is 4.77. The third kappa shape index (κ3) is 5.35. The Labute approximate surface area is 98.6 Å². The van der Waals surface area contributed by atoms with E-state index < -0.39 is 0 Å². The van der Waals surface area contributed by atoms with Gasteiger partial charge in [0.1, 0.15) is 0 Å². The van der Waals surface area contributed by atoms with Gasteiger partial charge in [-0.3, -0.25) is 4.99 Å². The average molecular weight is 227 g/mol. The molecular weight excluding hydrogens is 202 g/mol. The number of guanidine groups is 1.